The smallest absolute Gasteiger partial charge is 0.195 e. The van der Waals surface area contributed by atoms with E-state index in [9.17, 15) is 5.11 Å². The van der Waals surface area contributed by atoms with Crippen LogP contribution in [0.15, 0.2) is 63.6 Å². The Balaban J connectivity index is 2.40. The van der Waals surface area contributed by atoms with Crippen LogP contribution in [0, 0.1) is 0 Å². The number of halogens is 1. The Kier molecular flexibility index (Phi) is 4.58. The number of nitrogens with zero attached hydrogens (tertiary/aromatic N) is 1. The number of aliphatic hydroxyl groups excluding tert-OH is 1. The molecule has 106 valence electrons. The highest BCUT2D eigenvalue weighted by atomic mass is 127. The largest absolute Gasteiger partial charge is 0.494 e. The number of hydrogen-bond acceptors (Lipinski definition) is 2. The zero-order valence-corrected chi connectivity index (χ0v) is 14.3. The van der Waals surface area contributed by atoms with Gasteiger partial charge in [-0.3, -0.25) is 0 Å². The molecule has 0 aromatic heterocycles. The van der Waals surface area contributed by atoms with E-state index in [4.69, 9.17) is 0 Å². The lowest BCUT2D eigenvalue weighted by molar-refractivity contribution is 0.0970. The quantitative estimate of drug-likeness (QED) is 0.592. The first-order valence-electron chi connectivity index (χ1n) is 6.78. The maximum absolute atomic E-state index is 10.6. The molecule has 1 N–H and O–H groups in total. The second kappa shape index (κ2) is 6.04. The third-order valence-electron chi connectivity index (χ3n) is 3.70. The van der Waals surface area contributed by atoms with Gasteiger partial charge >= 0.3 is 0 Å². The third-order valence-corrected chi connectivity index (χ3v) is 4.37. The summed E-state index contributed by atoms with van der Waals surface area (Å²) in [4.78, 5) is 2.04. The van der Waals surface area contributed by atoms with E-state index in [1.807, 2.05) is 41.3 Å². The van der Waals surface area contributed by atoms with Gasteiger partial charge in [-0.15, -0.1) is 0 Å². The van der Waals surface area contributed by atoms with Gasteiger partial charge in [0.05, 0.1) is 5.54 Å². The monoisotopic (exact) mass is 381 g/mol. The minimum Gasteiger partial charge on any atom is -0.494 e. The summed E-state index contributed by atoms with van der Waals surface area (Å²) in [5.74, 6) is 0.337. The van der Waals surface area contributed by atoms with E-state index < -0.39 is 0 Å². The highest BCUT2D eigenvalue weighted by Gasteiger charge is 2.30. The molecule has 3 heteroatoms. The van der Waals surface area contributed by atoms with Gasteiger partial charge in [-0.25, -0.2) is 0 Å². The lowest BCUT2D eigenvalue weighted by Gasteiger charge is -2.39. The molecule has 0 saturated heterocycles. The molecule has 0 unspecified atom stereocenters. The molecule has 0 spiro atoms. The first-order chi connectivity index (χ1) is 9.46. The molecule has 0 amide bonds. The average Bonchev–Trinajstić information content (AvgIpc) is 2.87. The van der Waals surface area contributed by atoms with Crippen LogP contribution in [0.3, 0.4) is 0 Å². The Hall–Kier alpha value is -1.23. The molecule has 20 heavy (non-hydrogen) atoms. The fraction of sp³-hybridized carbons (Fsp3) is 0.294. The zero-order valence-electron chi connectivity index (χ0n) is 12.1. The normalized spacial score (nSPS) is 17.1. The van der Waals surface area contributed by atoms with Crippen molar-refractivity contribution in [3.63, 3.8) is 0 Å². The van der Waals surface area contributed by atoms with Crippen LogP contribution in [-0.4, -0.2) is 16.6 Å². The van der Waals surface area contributed by atoms with Crippen molar-refractivity contribution in [3.8, 4) is 0 Å². The minimum atomic E-state index is -0.261. The van der Waals surface area contributed by atoms with Crippen LogP contribution in [0.2, 0.25) is 0 Å². The molecule has 2 rings (SSSR count). The molecular weight excluding hydrogens is 361 g/mol. The van der Waals surface area contributed by atoms with Crippen LogP contribution in [0.5, 0.6) is 0 Å². The van der Waals surface area contributed by atoms with E-state index in [0.717, 1.165) is 15.7 Å². The summed E-state index contributed by atoms with van der Waals surface area (Å²) in [6.45, 7) is 7.08. The Morgan fingerprint density at radius 1 is 1.20 bits per heavy atom. The van der Waals surface area contributed by atoms with Crippen molar-refractivity contribution in [2.45, 2.75) is 26.3 Å². The number of hydrogen-bond donors (Lipinski definition) is 1. The predicted octanol–water partition coefficient (Wildman–Crippen LogP) is 4.90. The number of benzene rings is 1. The van der Waals surface area contributed by atoms with Crippen molar-refractivity contribution in [3.05, 3.63) is 69.2 Å². The maximum atomic E-state index is 10.6. The van der Waals surface area contributed by atoms with Gasteiger partial charge in [0.15, 0.2) is 5.88 Å². The molecule has 1 aromatic rings. The average molecular weight is 381 g/mol. The predicted molar refractivity (Wildman–Crippen MR) is 92.7 cm³/mol. The van der Waals surface area contributed by atoms with Gasteiger partial charge in [-0.05, 0) is 67.2 Å². The maximum Gasteiger partial charge on any atom is 0.195 e. The van der Waals surface area contributed by atoms with Crippen molar-refractivity contribution in [2.75, 3.05) is 6.54 Å². The molecular formula is C17H20INO. The fourth-order valence-corrected chi connectivity index (χ4v) is 3.04. The molecule has 0 bridgehead atoms. The van der Waals surface area contributed by atoms with Crippen LogP contribution >= 0.6 is 22.6 Å². The van der Waals surface area contributed by atoms with E-state index in [2.05, 4.69) is 55.5 Å². The third kappa shape index (κ3) is 2.92. The minimum absolute atomic E-state index is 0.261. The lowest BCUT2D eigenvalue weighted by Crippen LogP contribution is -2.41. The number of aliphatic hydroxyl groups is 1. The van der Waals surface area contributed by atoms with Crippen LogP contribution in [-0.2, 0) is 5.54 Å². The van der Waals surface area contributed by atoms with Gasteiger partial charge in [0.1, 0.15) is 0 Å². The summed E-state index contributed by atoms with van der Waals surface area (Å²) in [6.07, 6.45) is 5.97. The van der Waals surface area contributed by atoms with E-state index in [1.165, 1.54) is 5.56 Å². The molecule has 0 fully saturated rings. The van der Waals surface area contributed by atoms with Crippen molar-refractivity contribution < 1.29 is 5.11 Å². The highest BCUT2D eigenvalue weighted by Crippen LogP contribution is 2.33. The van der Waals surface area contributed by atoms with Gasteiger partial charge in [-0.2, -0.15) is 0 Å². The van der Waals surface area contributed by atoms with E-state index >= 15 is 0 Å². The Bertz CT molecular complexity index is 570. The van der Waals surface area contributed by atoms with Crippen molar-refractivity contribution in [1.29, 1.82) is 0 Å². The topological polar surface area (TPSA) is 23.5 Å². The molecule has 1 aliphatic carbocycles. The van der Waals surface area contributed by atoms with Crippen molar-refractivity contribution in [2.24, 2.45) is 0 Å². The zero-order chi connectivity index (χ0) is 14.8. The number of allylic oxidation sites excluding steroid dienone is 5. The molecule has 0 atom stereocenters. The molecule has 0 aliphatic heterocycles. The van der Waals surface area contributed by atoms with E-state index in [1.54, 1.807) is 0 Å². The summed E-state index contributed by atoms with van der Waals surface area (Å²) < 4.78 is 1.14. The van der Waals surface area contributed by atoms with Gasteiger partial charge in [0.2, 0.25) is 0 Å². The summed E-state index contributed by atoms with van der Waals surface area (Å²) in [6, 6.07) is 10.3. The van der Waals surface area contributed by atoms with E-state index in [0.29, 0.717) is 5.88 Å². The Morgan fingerprint density at radius 3 is 2.35 bits per heavy atom. The van der Waals surface area contributed by atoms with Crippen LogP contribution in [0.4, 0.5) is 0 Å². The molecule has 0 radical (unpaired) electrons. The lowest BCUT2D eigenvalue weighted by atomic mass is 9.92. The van der Waals surface area contributed by atoms with Crippen molar-refractivity contribution in [1.82, 2.24) is 4.90 Å². The van der Waals surface area contributed by atoms with Gasteiger partial charge in [0.25, 0.3) is 0 Å². The summed E-state index contributed by atoms with van der Waals surface area (Å²) in [5, 5.41) is 10.6. The molecule has 0 saturated carbocycles. The Morgan fingerprint density at radius 2 is 1.85 bits per heavy atom. The Labute approximate surface area is 134 Å². The van der Waals surface area contributed by atoms with Gasteiger partial charge < -0.3 is 10.0 Å². The first kappa shape index (κ1) is 15.2. The highest BCUT2D eigenvalue weighted by molar-refractivity contribution is 14.1. The summed E-state index contributed by atoms with van der Waals surface area (Å²) in [5.41, 5.74) is 1.80. The molecule has 0 heterocycles. The second-order valence-electron chi connectivity index (χ2n) is 5.31. The van der Waals surface area contributed by atoms with Crippen LogP contribution < -0.4 is 0 Å². The van der Waals surface area contributed by atoms with Gasteiger partial charge in [-0.1, -0.05) is 30.3 Å². The van der Waals surface area contributed by atoms with E-state index in [-0.39, 0.29) is 5.54 Å². The molecule has 1 aromatic carbocycles. The SMILES string of the molecule is CCN(/C(O)=C1/C=CC(I)=C1)C(C)(C)c1ccccc1. The standard InChI is InChI=1S/C17H20INO/c1-4-19(16(20)13-10-11-15(18)12-13)17(2,3)14-8-6-5-7-9-14/h5-12,20H,4H2,1-3H3/b16-13+. The summed E-state index contributed by atoms with van der Waals surface area (Å²) >= 11 is 2.26. The number of rotatable bonds is 4. The van der Waals surface area contributed by atoms with Gasteiger partial charge in [0, 0.05) is 15.7 Å². The van der Waals surface area contributed by atoms with Crippen LogP contribution in [0.1, 0.15) is 26.3 Å². The fourth-order valence-electron chi connectivity index (χ4n) is 2.52. The van der Waals surface area contributed by atoms with Crippen molar-refractivity contribution >= 4 is 22.6 Å². The summed E-state index contributed by atoms with van der Waals surface area (Å²) in [7, 11) is 0. The van der Waals surface area contributed by atoms with Crippen LogP contribution in [0.25, 0.3) is 0 Å². The first-order valence-corrected chi connectivity index (χ1v) is 7.86. The second-order valence-corrected chi connectivity index (χ2v) is 6.56. The molecule has 2 nitrogen and oxygen atoms in total. The molecule has 1 aliphatic rings.